The first kappa shape index (κ1) is 14.1. The molecular formula is C17H17N3O2. The molecule has 3 rings (SSSR count). The summed E-state index contributed by atoms with van der Waals surface area (Å²) in [4.78, 5) is 16.5. The molecule has 22 heavy (non-hydrogen) atoms. The van der Waals surface area contributed by atoms with E-state index in [2.05, 4.69) is 10.3 Å². The molecular weight excluding hydrogens is 278 g/mol. The Morgan fingerprint density at radius 3 is 2.82 bits per heavy atom. The van der Waals surface area contributed by atoms with E-state index < -0.39 is 0 Å². The van der Waals surface area contributed by atoms with Gasteiger partial charge in [0.15, 0.2) is 0 Å². The van der Waals surface area contributed by atoms with Gasteiger partial charge < -0.3 is 14.5 Å². The first-order valence-corrected chi connectivity index (χ1v) is 7.11. The Balaban J connectivity index is 1.61. The summed E-state index contributed by atoms with van der Waals surface area (Å²) in [5.41, 5.74) is 2.41. The van der Waals surface area contributed by atoms with Crippen molar-refractivity contribution in [2.45, 2.75) is 6.42 Å². The summed E-state index contributed by atoms with van der Waals surface area (Å²) in [6.07, 6.45) is 6.15. The van der Waals surface area contributed by atoms with Crippen LogP contribution < -0.4 is 10.1 Å². The molecule has 112 valence electrons. The number of carbonyl (C=O) groups excluding carboxylic acids is 1. The zero-order valence-corrected chi connectivity index (χ0v) is 12.3. The Hall–Kier alpha value is -2.82. The third kappa shape index (κ3) is 2.93. The number of amides is 1. The van der Waals surface area contributed by atoms with Crippen molar-refractivity contribution in [2.75, 3.05) is 13.7 Å². The summed E-state index contributed by atoms with van der Waals surface area (Å²) in [7, 11) is 1.64. The Labute approximate surface area is 128 Å². The van der Waals surface area contributed by atoms with Crippen LogP contribution in [0.15, 0.2) is 55.0 Å². The fourth-order valence-electron chi connectivity index (χ4n) is 2.33. The predicted octanol–water partition coefficient (Wildman–Crippen LogP) is 2.32. The lowest BCUT2D eigenvalue weighted by Gasteiger charge is -2.07. The summed E-state index contributed by atoms with van der Waals surface area (Å²) >= 11 is 0. The zero-order valence-electron chi connectivity index (χ0n) is 12.3. The van der Waals surface area contributed by atoms with Gasteiger partial charge in [0.05, 0.1) is 12.7 Å². The average molecular weight is 295 g/mol. The van der Waals surface area contributed by atoms with E-state index in [1.807, 2.05) is 47.1 Å². The second-order valence-electron chi connectivity index (χ2n) is 4.93. The minimum Gasteiger partial charge on any atom is -0.497 e. The molecule has 2 heterocycles. The molecule has 0 bridgehead atoms. The maximum atomic E-state index is 12.3. The maximum absolute atomic E-state index is 12.3. The van der Waals surface area contributed by atoms with Crippen LogP contribution in [0.1, 0.15) is 15.9 Å². The molecule has 5 heteroatoms. The highest BCUT2D eigenvalue weighted by Crippen LogP contribution is 2.12. The topological polar surface area (TPSA) is 55.6 Å². The van der Waals surface area contributed by atoms with Gasteiger partial charge >= 0.3 is 0 Å². The number of nitrogens with one attached hydrogen (secondary N) is 1. The van der Waals surface area contributed by atoms with Crippen LogP contribution in [-0.2, 0) is 6.42 Å². The Bertz CT molecular complexity index is 778. The maximum Gasteiger partial charge on any atom is 0.255 e. The highest BCUT2D eigenvalue weighted by atomic mass is 16.5. The zero-order chi connectivity index (χ0) is 15.4. The number of rotatable bonds is 5. The van der Waals surface area contributed by atoms with Crippen LogP contribution in [0, 0.1) is 0 Å². The van der Waals surface area contributed by atoms with E-state index in [0.717, 1.165) is 17.7 Å². The molecule has 0 saturated carbocycles. The van der Waals surface area contributed by atoms with Crippen LogP contribution in [0.2, 0.25) is 0 Å². The van der Waals surface area contributed by atoms with Gasteiger partial charge in [-0.25, -0.2) is 4.98 Å². The molecule has 1 aromatic carbocycles. The number of ether oxygens (including phenoxy) is 1. The van der Waals surface area contributed by atoms with Gasteiger partial charge in [-0.05, 0) is 36.2 Å². The number of carbonyl (C=O) groups is 1. The lowest BCUT2D eigenvalue weighted by molar-refractivity contribution is 0.0955. The van der Waals surface area contributed by atoms with Crippen molar-refractivity contribution >= 4 is 11.6 Å². The lowest BCUT2D eigenvalue weighted by atomic mass is 10.1. The fraction of sp³-hybridized carbons (Fsp3) is 0.176. The van der Waals surface area contributed by atoms with E-state index in [1.54, 1.807) is 19.4 Å². The molecule has 0 saturated heterocycles. The Kier molecular flexibility index (Phi) is 4.05. The summed E-state index contributed by atoms with van der Waals surface area (Å²) in [5.74, 6) is 0.726. The fourth-order valence-corrected chi connectivity index (χ4v) is 2.33. The monoisotopic (exact) mass is 295 g/mol. The number of imidazole rings is 1. The first-order chi connectivity index (χ1) is 10.8. The van der Waals surface area contributed by atoms with E-state index in [-0.39, 0.29) is 5.91 Å². The molecule has 3 aromatic rings. The molecule has 1 amide bonds. The molecule has 1 N–H and O–H groups in total. The molecule has 0 fully saturated rings. The van der Waals surface area contributed by atoms with Gasteiger partial charge in [-0.1, -0.05) is 12.1 Å². The Morgan fingerprint density at radius 1 is 1.23 bits per heavy atom. The number of aromatic nitrogens is 2. The van der Waals surface area contributed by atoms with Gasteiger partial charge in [0.1, 0.15) is 11.4 Å². The number of benzene rings is 1. The van der Waals surface area contributed by atoms with Crippen molar-refractivity contribution in [2.24, 2.45) is 0 Å². The number of pyridine rings is 1. The summed E-state index contributed by atoms with van der Waals surface area (Å²) in [5, 5.41) is 2.93. The summed E-state index contributed by atoms with van der Waals surface area (Å²) < 4.78 is 6.96. The molecule has 5 nitrogen and oxygen atoms in total. The molecule has 0 spiro atoms. The van der Waals surface area contributed by atoms with Crippen molar-refractivity contribution in [3.05, 3.63) is 66.1 Å². The van der Waals surface area contributed by atoms with E-state index in [9.17, 15) is 4.79 Å². The average Bonchev–Trinajstić information content (AvgIpc) is 3.04. The molecule has 0 radical (unpaired) electrons. The van der Waals surface area contributed by atoms with Gasteiger partial charge in [-0.2, -0.15) is 0 Å². The first-order valence-electron chi connectivity index (χ1n) is 7.11. The van der Waals surface area contributed by atoms with Crippen LogP contribution >= 0.6 is 0 Å². The van der Waals surface area contributed by atoms with Crippen LogP contribution in [-0.4, -0.2) is 28.9 Å². The number of fused-ring (bicyclic) bond motifs is 1. The minimum atomic E-state index is -0.106. The highest BCUT2D eigenvalue weighted by Gasteiger charge is 2.10. The van der Waals surface area contributed by atoms with Gasteiger partial charge in [0.2, 0.25) is 0 Å². The van der Waals surface area contributed by atoms with Crippen LogP contribution in [0.5, 0.6) is 5.75 Å². The second kappa shape index (κ2) is 6.30. The third-order valence-corrected chi connectivity index (χ3v) is 3.52. The molecule has 0 atom stereocenters. The largest absolute Gasteiger partial charge is 0.497 e. The van der Waals surface area contributed by atoms with Crippen LogP contribution in [0.25, 0.3) is 5.65 Å². The van der Waals surface area contributed by atoms with Crippen molar-refractivity contribution in [1.29, 1.82) is 0 Å². The van der Waals surface area contributed by atoms with E-state index in [4.69, 9.17) is 4.74 Å². The van der Waals surface area contributed by atoms with Crippen molar-refractivity contribution in [3.8, 4) is 5.75 Å². The SMILES string of the molecule is COc1ccc(CCNC(=O)c2cccn3ccnc23)cc1. The third-order valence-electron chi connectivity index (χ3n) is 3.52. The van der Waals surface area contributed by atoms with Crippen LogP contribution in [0.3, 0.4) is 0 Å². The van der Waals surface area contributed by atoms with Gasteiger partial charge in [-0.15, -0.1) is 0 Å². The predicted molar refractivity (Wildman–Crippen MR) is 84.2 cm³/mol. The normalized spacial score (nSPS) is 10.6. The molecule has 0 aliphatic rings. The number of hydrogen-bond donors (Lipinski definition) is 1. The number of hydrogen-bond acceptors (Lipinski definition) is 3. The summed E-state index contributed by atoms with van der Waals surface area (Å²) in [6, 6.07) is 11.5. The van der Waals surface area contributed by atoms with Gasteiger partial charge in [0, 0.05) is 25.1 Å². The quantitative estimate of drug-likeness (QED) is 0.786. The lowest BCUT2D eigenvalue weighted by Crippen LogP contribution is -2.26. The highest BCUT2D eigenvalue weighted by molar-refractivity contribution is 5.99. The number of nitrogens with zero attached hydrogens (tertiary/aromatic N) is 2. The second-order valence-corrected chi connectivity index (χ2v) is 4.93. The smallest absolute Gasteiger partial charge is 0.255 e. The molecule has 0 aliphatic carbocycles. The van der Waals surface area contributed by atoms with Crippen molar-refractivity contribution < 1.29 is 9.53 Å². The van der Waals surface area contributed by atoms with Crippen molar-refractivity contribution in [1.82, 2.24) is 14.7 Å². The molecule has 0 aliphatic heterocycles. The van der Waals surface area contributed by atoms with Gasteiger partial charge in [-0.3, -0.25) is 4.79 Å². The van der Waals surface area contributed by atoms with Crippen molar-refractivity contribution in [3.63, 3.8) is 0 Å². The van der Waals surface area contributed by atoms with E-state index >= 15 is 0 Å². The minimum absolute atomic E-state index is 0.106. The van der Waals surface area contributed by atoms with Crippen LogP contribution in [0.4, 0.5) is 0 Å². The van der Waals surface area contributed by atoms with Gasteiger partial charge in [0.25, 0.3) is 5.91 Å². The molecule has 2 aromatic heterocycles. The Morgan fingerprint density at radius 2 is 2.05 bits per heavy atom. The molecule has 0 unspecified atom stereocenters. The standard InChI is InChI=1S/C17H17N3O2/c1-22-14-6-4-13(5-7-14)8-9-19-17(21)15-3-2-11-20-12-10-18-16(15)20/h2-7,10-12H,8-9H2,1H3,(H,19,21). The van der Waals surface area contributed by atoms with E-state index in [0.29, 0.717) is 17.8 Å². The van der Waals surface area contributed by atoms with E-state index in [1.165, 1.54) is 0 Å². The summed E-state index contributed by atoms with van der Waals surface area (Å²) in [6.45, 7) is 0.576. The number of methoxy groups -OCH3 is 1.